The summed E-state index contributed by atoms with van der Waals surface area (Å²) in [6, 6.07) is 5.93. The molecule has 0 bridgehead atoms. The first-order valence-electron chi connectivity index (χ1n) is 6.57. The van der Waals surface area contributed by atoms with Gasteiger partial charge in [-0.2, -0.15) is 5.10 Å². The smallest absolute Gasteiger partial charge is 0.152 e. The fourth-order valence-electron chi connectivity index (χ4n) is 1.69. The third-order valence-electron chi connectivity index (χ3n) is 2.61. The van der Waals surface area contributed by atoms with E-state index in [1.54, 1.807) is 11.0 Å². The Kier molecular flexibility index (Phi) is 4.72. The van der Waals surface area contributed by atoms with Gasteiger partial charge in [-0.25, -0.2) is 9.97 Å². The van der Waals surface area contributed by atoms with Crippen LogP contribution in [0.1, 0.15) is 19.2 Å². The second-order valence-corrected chi connectivity index (χ2v) is 4.35. The third-order valence-corrected chi connectivity index (χ3v) is 2.61. The van der Waals surface area contributed by atoms with Crippen molar-refractivity contribution in [2.24, 2.45) is 7.05 Å². The highest BCUT2D eigenvalue weighted by Crippen LogP contribution is 2.09. The van der Waals surface area contributed by atoms with E-state index in [2.05, 4.69) is 32.6 Å². The summed E-state index contributed by atoms with van der Waals surface area (Å²) >= 11 is 0. The molecule has 2 rings (SSSR count). The van der Waals surface area contributed by atoms with E-state index in [-0.39, 0.29) is 0 Å². The third kappa shape index (κ3) is 4.24. The van der Waals surface area contributed by atoms with Crippen LogP contribution in [0.2, 0.25) is 0 Å². The van der Waals surface area contributed by atoms with E-state index in [0.717, 1.165) is 43.4 Å². The number of nitrogens with zero attached hydrogens (tertiary/aromatic N) is 4. The van der Waals surface area contributed by atoms with E-state index in [0.29, 0.717) is 0 Å². The first-order chi connectivity index (χ1) is 9.28. The van der Waals surface area contributed by atoms with E-state index >= 15 is 0 Å². The van der Waals surface area contributed by atoms with Gasteiger partial charge in [0.25, 0.3) is 0 Å². The van der Waals surface area contributed by atoms with E-state index < -0.39 is 0 Å². The van der Waals surface area contributed by atoms with Crippen LogP contribution in [-0.4, -0.2) is 32.8 Å². The number of nitrogens with one attached hydrogen (secondary N) is 2. The van der Waals surface area contributed by atoms with E-state index in [4.69, 9.17) is 0 Å². The highest BCUT2D eigenvalue weighted by atomic mass is 15.3. The Bertz CT molecular complexity index is 507. The Morgan fingerprint density at radius 3 is 2.53 bits per heavy atom. The molecule has 0 saturated heterocycles. The fraction of sp³-hybridized carbons (Fsp3) is 0.462. The molecule has 0 spiro atoms. The molecule has 0 aliphatic carbocycles. The van der Waals surface area contributed by atoms with E-state index in [1.165, 1.54) is 0 Å². The summed E-state index contributed by atoms with van der Waals surface area (Å²) in [6.07, 6.45) is 3.59. The molecule has 102 valence electrons. The van der Waals surface area contributed by atoms with Crippen molar-refractivity contribution in [2.45, 2.75) is 19.8 Å². The summed E-state index contributed by atoms with van der Waals surface area (Å²) in [4.78, 5) is 8.66. The lowest BCUT2D eigenvalue weighted by molar-refractivity contribution is 0.742. The second kappa shape index (κ2) is 6.72. The molecule has 0 aliphatic heterocycles. The van der Waals surface area contributed by atoms with Crippen LogP contribution in [0.15, 0.2) is 24.5 Å². The van der Waals surface area contributed by atoms with Crippen LogP contribution < -0.4 is 10.6 Å². The Morgan fingerprint density at radius 1 is 1.16 bits per heavy atom. The summed E-state index contributed by atoms with van der Waals surface area (Å²) < 4.78 is 1.71. The molecule has 0 amide bonds. The van der Waals surface area contributed by atoms with Crippen LogP contribution >= 0.6 is 0 Å². The number of hydrogen-bond acceptors (Lipinski definition) is 5. The molecule has 2 aromatic rings. The largest absolute Gasteiger partial charge is 0.370 e. The molecule has 0 aliphatic rings. The van der Waals surface area contributed by atoms with Crippen molar-refractivity contribution in [3.8, 4) is 0 Å². The predicted octanol–water partition coefficient (Wildman–Crippen LogP) is 1.69. The van der Waals surface area contributed by atoms with Crippen molar-refractivity contribution >= 4 is 11.6 Å². The van der Waals surface area contributed by atoms with Crippen LogP contribution in [0.3, 0.4) is 0 Å². The van der Waals surface area contributed by atoms with Crippen molar-refractivity contribution in [3.63, 3.8) is 0 Å². The van der Waals surface area contributed by atoms with Gasteiger partial charge in [0.2, 0.25) is 0 Å². The predicted molar refractivity (Wildman–Crippen MR) is 76.2 cm³/mol. The monoisotopic (exact) mass is 260 g/mol. The Hall–Kier alpha value is -2.11. The first kappa shape index (κ1) is 13.3. The highest BCUT2D eigenvalue weighted by molar-refractivity contribution is 5.45. The molecule has 0 radical (unpaired) electrons. The minimum Gasteiger partial charge on any atom is -0.370 e. The molecule has 0 saturated carbocycles. The first-order valence-corrected chi connectivity index (χ1v) is 6.57. The van der Waals surface area contributed by atoms with E-state index in [1.807, 2.05) is 25.2 Å². The second-order valence-electron chi connectivity index (χ2n) is 4.35. The van der Waals surface area contributed by atoms with Crippen LogP contribution in [-0.2, 0) is 13.5 Å². The molecule has 2 heterocycles. The zero-order chi connectivity index (χ0) is 13.5. The average Bonchev–Trinajstić information content (AvgIpc) is 2.83. The molecule has 0 unspecified atom stereocenters. The van der Waals surface area contributed by atoms with E-state index in [9.17, 15) is 0 Å². The van der Waals surface area contributed by atoms with Crippen LogP contribution in [0.25, 0.3) is 0 Å². The lowest BCUT2D eigenvalue weighted by atomic mass is 10.4. The van der Waals surface area contributed by atoms with Gasteiger partial charge in [-0.15, -0.1) is 0 Å². The van der Waals surface area contributed by atoms with Gasteiger partial charge in [-0.1, -0.05) is 13.0 Å². The van der Waals surface area contributed by atoms with Crippen molar-refractivity contribution < 1.29 is 0 Å². The summed E-state index contributed by atoms with van der Waals surface area (Å²) in [5, 5.41) is 10.8. The van der Waals surface area contributed by atoms with Gasteiger partial charge in [0.05, 0.1) is 0 Å². The van der Waals surface area contributed by atoms with Crippen LogP contribution in [0.4, 0.5) is 11.6 Å². The van der Waals surface area contributed by atoms with Crippen molar-refractivity contribution in [3.05, 3.63) is 30.4 Å². The van der Waals surface area contributed by atoms with Crippen LogP contribution in [0.5, 0.6) is 0 Å². The number of rotatable bonds is 7. The number of hydrogen-bond donors (Lipinski definition) is 2. The summed E-state index contributed by atoms with van der Waals surface area (Å²) in [5.74, 6) is 2.62. The average molecular weight is 260 g/mol. The molecule has 6 nitrogen and oxygen atoms in total. The highest BCUT2D eigenvalue weighted by Gasteiger charge is 2.00. The Morgan fingerprint density at radius 2 is 1.89 bits per heavy atom. The van der Waals surface area contributed by atoms with Gasteiger partial charge in [0.1, 0.15) is 18.0 Å². The molecule has 0 fully saturated rings. The number of aryl methyl sites for hydroxylation is 1. The standard InChI is InChI=1S/C13H20N6/c1-3-8-14-11-5-4-6-12(17-11)15-9-7-13-16-10-19(2)18-13/h4-6,10H,3,7-9H2,1-2H3,(H2,14,15,17). The van der Waals surface area contributed by atoms with Gasteiger partial charge in [-0.3, -0.25) is 4.68 Å². The van der Waals surface area contributed by atoms with Gasteiger partial charge in [0, 0.05) is 26.6 Å². The minimum absolute atomic E-state index is 0.772. The number of aromatic nitrogens is 4. The van der Waals surface area contributed by atoms with Gasteiger partial charge in [0.15, 0.2) is 5.82 Å². The van der Waals surface area contributed by atoms with Crippen molar-refractivity contribution in [2.75, 3.05) is 23.7 Å². The molecule has 6 heteroatoms. The number of pyridine rings is 1. The maximum Gasteiger partial charge on any atom is 0.152 e. The molecule has 2 aromatic heterocycles. The molecule has 19 heavy (non-hydrogen) atoms. The zero-order valence-corrected chi connectivity index (χ0v) is 11.4. The zero-order valence-electron chi connectivity index (χ0n) is 11.4. The molecule has 0 atom stereocenters. The lowest BCUT2D eigenvalue weighted by Crippen LogP contribution is -2.09. The Labute approximate surface area is 113 Å². The summed E-state index contributed by atoms with van der Waals surface area (Å²) in [6.45, 7) is 3.84. The molecule has 2 N–H and O–H groups in total. The normalized spacial score (nSPS) is 10.4. The van der Waals surface area contributed by atoms with Gasteiger partial charge in [-0.05, 0) is 18.6 Å². The minimum atomic E-state index is 0.772. The topological polar surface area (TPSA) is 67.7 Å². The maximum absolute atomic E-state index is 4.48. The van der Waals surface area contributed by atoms with Crippen LogP contribution in [0, 0.1) is 0 Å². The molecular weight excluding hydrogens is 240 g/mol. The number of anilines is 2. The summed E-state index contributed by atoms with van der Waals surface area (Å²) in [7, 11) is 1.87. The lowest BCUT2D eigenvalue weighted by Gasteiger charge is -2.07. The van der Waals surface area contributed by atoms with Crippen molar-refractivity contribution in [1.82, 2.24) is 19.7 Å². The van der Waals surface area contributed by atoms with Gasteiger partial charge < -0.3 is 10.6 Å². The molecule has 0 aromatic carbocycles. The quantitative estimate of drug-likeness (QED) is 0.793. The molecular formula is C13H20N6. The van der Waals surface area contributed by atoms with Gasteiger partial charge >= 0.3 is 0 Å². The SMILES string of the molecule is CCCNc1cccc(NCCc2ncn(C)n2)n1. The summed E-state index contributed by atoms with van der Waals surface area (Å²) in [5.41, 5.74) is 0. The fourth-order valence-corrected chi connectivity index (χ4v) is 1.69. The van der Waals surface area contributed by atoms with Crippen molar-refractivity contribution in [1.29, 1.82) is 0 Å². The maximum atomic E-state index is 4.48. The Balaban J connectivity index is 1.82.